The van der Waals surface area contributed by atoms with Crippen molar-refractivity contribution >= 4 is 17.5 Å². The summed E-state index contributed by atoms with van der Waals surface area (Å²) in [5, 5.41) is 16.5. The average Bonchev–Trinajstić information content (AvgIpc) is 3.15. The van der Waals surface area contributed by atoms with E-state index in [1.165, 1.54) is 0 Å². The second-order valence-corrected chi connectivity index (χ2v) is 7.93. The summed E-state index contributed by atoms with van der Waals surface area (Å²) in [5.74, 6) is -0.139. The van der Waals surface area contributed by atoms with Crippen LogP contribution >= 0.6 is 0 Å². The van der Waals surface area contributed by atoms with E-state index < -0.39 is 11.0 Å². The molecule has 0 bridgehead atoms. The number of nitriles is 1. The van der Waals surface area contributed by atoms with E-state index >= 15 is 0 Å². The molecule has 4 aliphatic rings. The number of oxime groups is 1. The van der Waals surface area contributed by atoms with Crippen LogP contribution < -0.4 is 5.32 Å². The van der Waals surface area contributed by atoms with Crippen LogP contribution in [0.25, 0.3) is 0 Å². The first-order valence-corrected chi connectivity index (χ1v) is 9.32. The molecule has 7 nitrogen and oxygen atoms in total. The Balaban J connectivity index is 1.33. The normalized spacial score (nSPS) is 26.7. The smallest absolute Gasteiger partial charge is 0.269 e. The van der Waals surface area contributed by atoms with Gasteiger partial charge in [-0.25, -0.2) is 0 Å². The molecule has 1 saturated heterocycles. The predicted octanol–water partition coefficient (Wildman–Crippen LogP) is 1.49. The van der Waals surface area contributed by atoms with Crippen molar-refractivity contribution in [2.75, 3.05) is 13.1 Å². The molecule has 0 radical (unpaired) electrons. The number of carbonyl (C=O) groups excluding carboxylic acids is 2. The van der Waals surface area contributed by atoms with Crippen molar-refractivity contribution in [1.29, 1.82) is 5.26 Å². The lowest BCUT2D eigenvalue weighted by molar-refractivity contribution is -0.144. The van der Waals surface area contributed by atoms with Gasteiger partial charge < -0.3 is 15.1 Å². The first-order valence-electron chi connectivity index (χ1n) is 9.32. The fourth-order valence-corrected chi connectivity index (χ4v) is 4.18. The average molecular weight is 344 g/mol. The summed E-state index contributed by atoms with van der Waals surface area (Å²) in [5.41, 5.74) is -0.800. The van der Waals surface area contributed by atoms with Crippen LogP contribution in [0.1, 0.15) is 57.8 Å². The van der Waals surface area contributed by atoms with Gasteiger partial charge in [0.15, 0.2) is 0 Å². The molecular weight excluding hydrogens is 320 g/mol. The summed E-state index contributed by atoms with van der Waals surface area (Å²) in [6.45, 7) is 1.13. The number of nitrogens with one attached hydrogen (secondary N) is 1. The quantitative estimate of drug-likeness (QED) is 0.839. The van der Waals surface area contributed by atoms with Gasteiger partial charge in [0.1, 0.15) is 16.7 Å². The third kappa shape index (κ3) is 2.99. The van der Waals surface area contributed by atoms with Crippen molar-refractivity contribution in [2.24, 2.45) is 10.6 Å². The number of rotatable bonds is 3. The van der Waals surface area contributed by atoms with Gasteiger partial charge in [-0.15, -0.1) is 0 Å². The number of nitrogens with zero attached hydrogens (tertiary/aromatic N) is 3. The van der Waals surface area contributed by atoms with Crippen molar-refractivity contribution < 1.29 is 14.4 Å². The molecule has 0 aromatic rings. The highest BCUT2D eigenvalue weighted by molar-refractivity contribution is 6.39. The molecule has 2 amide bonds. The highest BCUT2D eigenvalue weighted by Crippen LogP contribution is 2.41. The van der Waals surface area contributed by atoms with E-state index in [-0.39, 0.29) is 11.8 Å². The van der Waals surface area contributed by atoms with Gasteiger partial charge in [0, 0.05) is 38.4 Å². The highest BCUT2D eigenvalue weighted by atomic mass is 16.7. The van der Waals surface area contributed by atoms with E-state index in [1.807, 2.05) is 4.90 Å². The Morgan fingerprint density at radius 2 is 1.88 bits per heavy atom. The van der Waals surface area contributed by atoms with E-state index in [4.69, 9.17) is 4.84 Å². The molecule has 7 heteroatoms. The minimum atomic E-state index is -0.813. The number of hydrogen-bond donors (Lipinski definition) is 1. The van der Waals surface area contributed by atoms with Crippen molar-refractivity contribution in [3.63, 3.8) is 0 Å². The number of piperidine rings is 1. The van der Waals surface area contributed by atoms with Crippen LogP contribution in [-0.2, 0) is 14.4 Å². The summed E-state index contributed by atoms with van der Waals surface area (Å²) >= 11 is 0. The SMILES string of the molecule is N#CC1(C(=O)N2CCC3(CC2)CC(C(=O)NC2CC2)=NO3)CCCC1. The van der Waals surface area contributed by atoms with E-state index in [2.05, 4.69) is 16.5 Å². The maximum absolute atomic E-state index is 12.8. The van der Waals surface area contributed by atoms with Crippen LogP contribution in [0.3, 0.4) is 0 Å². The maximum atomic E-state index is 12.8. The first kappa shape index (κ1) is 16.4. The Kier molecular flexibility index (Phi) is 3.94. The molecule has 134 valence electrons. The lowest BCUT2D eigenvalue weighted by atomic mass is 9.83. The summed E-state index contributed by atoms with van der Waals surface area (Å²) in [6, 6.07) is 2.59. The minimum Gasteiger partial charge on any atom is -0.388 e. The number of amides is 2. The Labute approximate surface area is 147 Å². The van der Waals surface area contributed by atoms with Gasteiger partial charge in [0.05, 0.1) is 6.07 Å². The second kappa shape index (κ2) is 6.01. The lowest BCUT2D eigenvalue weighted by Crippen LogP contribution is -2.51. The standard InChI is InChI=1S/C18H24N4O3/c19-12-17(5-1-2-6-17)16(24)22-9-7-18(8-10-22)11-14(21-25-18)15(23)20-13-3-4-13/h13H,1-11H2,(H,20,23). The summed E-state index contributed by atoms with van der Waals surface area (Å²) in [4.78, 5) is 32.4. The molecule has 1 N–H and O–H groups in total. The van der Waals surface area contributed by atoms with E-state index in [0.717, 1.165) is 25.7 Å². The zero-order chi connectivity index (χ0) is 17.5. The molecule has 2 aliphatic carbocycles. The Hall–Kier alpha value is -2.10. The van der Waals surface area contributed by atoms with Gasteiger partial charge >= 0.3 is 0 Å². The number of carbonyl (C=O) groups is 2. The molecule has 0 atom stereocenters. The van der Waals surface area contributed by atoms with Crippen molar-refractivity contribution in [1.82, 2.24) is 10.2 Å². The molecule has 1 spiro atoms. The monoisotopic (exact) mass is 344 g/mol. The largest absolute Gasteiger partial charge is 0.388 e. The predicted molar refractivity (Wildman–Crippen MR) is 89.4 cm³/mol. The van der Waals surface area contributed by atoms with Crippen LogP contribution in [0.2, 0.25) is 0 Å². The lowest BCUT2D eigenvalue weighted by Gasteiger charge is -2.39. The van der Waals surface area contributed by atoms with Gasteiger partial charge in [-0.05, 0) is 25.7 Å². The van der Waals surface area contributed by atoms with Crippen LogP contribution in [-0.4, -0.2) is 47.2 Å². The molecule has 2 saturated carbocycles. The van der Waals surface area contributed by atoms with Crippen LogP contribution in [0, 0.1) is 16.7 Å². The molecule has 3 fully saturated rings. The van der Waals surface area contributed by atoms with Crippen LogP contribution in [0.4, 0.5) is 0 Å². The minimum absolute atomic E-state index is 0.0204. The van der Waals surface area contributed by atoms with Gasteiger partial charge in [-0.3, -0.25) is 9.59 Å². The topological polar surface area (TPSA) is 94.8 Å². The summed E-state index contributed by atoms with van der Waals surface area (Å²) < 4.78 is 0. The molecule has 4 rings (SSSR count). The summed E-state index contributed by atoms with van der Waals surface area (Å²) in [6.07, 6.45) is 7.17. The third-order valence-corrected chi connectivity index (χ3v) is 6.06. The Bertz CT molecular complexity index is 648. The summed E-state index contributed by atoms with van der Waals surface area (Å²) in [7, 11) is 0. The van der Waals surface area contributed by atoms with Gasteiger partial charge in [-0.1, -0.05) is 18.0 Å². The molecule has 0 aromatic carbocycles. The second-order valence-electron chi connectivity index (χ2n) is 7.93. The molecule has 2 heterocycles. The highest BCUT2D eigenvalue weighted by Gasteiger charge is 2.49. The number of hydrogen-bond acceptors (Lipinski definition) is 5. The fraction of sp³-hybridized carbons (Fsp3) is 0.778. The molecular formula is C18H24N4O3. The van der Waals surface area contributed by atoms with Crippen molar-refractivity contribution in [3.05, 3.63) is 0 Å². The van der Waals surface area contributed by atoms with E-state index in [9.17, 15) is 14.9 Å². The maximum Gasteiger partial charge on any atom is 0.269 e. The van der Waals surface area contributed by atoms with Gasteiger partial charge in [-0.2, -0.15) is 5.26 Å². The molecule has 0 unspecified atom stereocenters. The molecule has 2 aliphatic heterocycles. The zero-order valence-electron chi connectivity index (χ0n) is 14.4. The first-order chi connectivity index (χ1) is 12.1. The molecule has 25 heavy (non-hydrogen) atoms. The van der Waals surface area contributed by atoms with Crippen molar-refractivity contribution in [2.45, 2.75) is 69.4 Å². The van der Waals surface area contributed by atoms with Gasteiger partial charge in [0.2, 0.25) is 5.91 Å². The van der Waals surface area contributed by atoms with Crippen molar-refractivity contribution in [3.8, 4) is 6.07 Å². The van der Waals surface area contributed by atoms with E-state index in [0.29, 0.717) is 56.9 Å². The fourth-order valence-electron chi connectivity index (χ4n) is 4.18. The van der Waals surface area contributed by atoms with E-state index in [1.54, 1.807) is 0 Å². The number of likely N-dealkylation sites (tertiary alicyclic amines) is 1. The Morgan fingerprint density at radius 1 is 1.20 bits per heavy atom. The Morgan fingerprint density at radius 3 is 2.48 bits per heavy atom. The third-order valence-electron chi connectivity index (χ3n) is 6.06. The zero-order valence-corrected chi connectivity index (χ0v) is 14.4. The van der Waals surface area contributed by atoms with Crippen LogP contribution in [0.5, 0.6) is 0 Å². The van der Waals surface area contributed by atoms with Crippen LogP contribution in [0.15, 0.2) is 5.16 Å². The molecule has 0 aromatic heterocycles. The van der Waals surface area contributed by atoms with Gasteiger partial charge in [0.25, 0.3) is 5.91 Å².